The van der Waals surface area contributed by atoms with Crippen LogP contribution in [0.25, 0.3) is 0 Å². The molecule has 0 spiro atoms. The van der Waals surface area contributed by atoms with Crippen molar-refractivity contribution in [3.8, 4) is 0 Å². The zero-order valence-corrected chi connectivity index (χ0v) is 15.6. The van der Waals surface area contributed by atoms with Gasteiger partial charge in [0.2, 0.25) is 0 Å². The Labute approximate surface area is 164 Å². The second-order valence-corrected chi connectivity index (χ2v) is 7.24. The molecule has 0 aliphatic carbocycles. The monoisotopic (exact) mass is 393 g/mol. The Morgan fingerprint density at radius 3 is 2.64 bits per heavy atom. The van der Waals surface area contributed by atoms with Crippen LogP contribution in [-0.4, -0.2) is 25.7 Å². The second-order valence-electron chi connectivity index (χ2n) is 6.13. The molecule has 6 nitrogen and oxygen atoms in total. The van der Waals surface area contributed by atoms with Crippen LogP contribution < -0.4 is 5.32 Å². The molecule has 3 aromatic heterocycles. The first kappa shape index (κ1) is 18.0. The molecule has 0 fully saturated rings. The number of amides is 1. The molecule has 0 aliphatic rings. The largest absolute Gasteiger partial charge is 0.304 e. The Morgan fingerprint density at radius 1 is 1.07 bits per heavy atom. The van der Waals surface area contributed by atoms with Crippen molar-refractivity contribution in [3.05, 3.63) is 94.1 Å². The van der Waals surface area contributed by atoms with Crippen LogP contribution in [0.4, 0.5) is 10.2 Å². The van der Waals surface area contributed by atoms with E-state index in [-0.39, 0.29) is 11.7 Å². The minimum absolute atomic E-state index is 0.253. The van der Waals surface area contributed by atoms with Crippen molar-refractivity contribution in [2.45, 2.75) is 13.0 Å². The lowest BCUT2D eigenvalue weighted by Gasteiger charge is -2.01. The third kappa shape index (κ3) is 4.47. The van der Waals surface area contributed by atoms with Crippen molar-refractivity contribution in [1.29, 1.82) is 0 Å². The van der Waals surface area contributed by atoms with Crippen molar-refractivity contribution >= 4 is 23.1 Å². The van der Waals surface area contributed by atoms with Gasteiger partial charge in [-0.2, -0.15) is 5.10 Å². The lowest BCUT2D eigenvalue weighted by Crippen LogP contribution is -2.11. The van der Waals surface area contributed by atoms with Gasteiger partial charge in [0.05, 0.1) is 17.7 Å². The van der Waals surface area contributed by atoms with E-state index in [4.69, 9.17) is 0 Å². The van der Waals surface area contributed by atoms with Crippen LogP contribution in [0, 0.1) is 5.82 Å². The molecule has 28 heavy (non-hydrogen) atoms. The second kappa shape index (κ2) is 8.10. The van der Waals surface area contributed by atoms with Crippen LogP contribution in [0.15, 0.2) is 67.3 Å². The van der Waals surface area contributed by atoms with E-state index in [1.807, 2.05) is 18.3 Å². The van der Waals surface area contributed by atoms with Crippen LogP contribution in [0.3, 0.4) is 0 Å². The number of hydrogen-bond donors (Lipinski definition) is 1. The summed E-state index contributed by atoms with van der Waals surface area (Å²) >= 11 is 1.31. The predicted octanol–water partition coefficient (Wildman–Crippen LogP) is 3.77. The molecule has 0 unspecified atom stereocenters. The van der Waals surface area contributed by atoms with Gasteiger partial charge in [-0.25, -0.2) is 9.37 Å². The van der Waals surface area contributed by atoms with E-state index in [1.54, 1.807) is 41.5 Å². The number of aromatic nitrogens is 4. The number of halogens is 1. The predicted molar refractivity (Wildman–Crippen MR) is 105 cm³/mol. The van der Waals surface area contributed by atoms with Gasteiger partial charge in [0.1, 0.15) is 10.7 Å². The molecule has 1 aromatic carbocycles. The number of benzene rings is 1. The Balaban J connectivity index is 1.37. The third-order valence-corrected chi connectivity index (χ3v) is 5.02. The summed E-state index contributed by atoms with van der Waals surface area (Å²) in [7, 11) is 0. The highest BCUT2D eigenvalue weighted by atomic mass is 32.1. The first-order valence-electron chi connectivity index (χ1n) is 8.58. The van der Waals surface area contributed by atoms with Gasteiger partial charge in [0.25, 0.3) is 5.91 Å². The number of nitrogens with one attached hydrogen (secondary N) is 1. The number of anilines is 1. The first-order valence-corrected chi connectivity index (χ1v) is 9.40. The van der Waals surface area contributed by atoms with Crippen molar-refractivity contribution < 1.29 is 9.18 Å². The number of thiazole rings is 1. The van der Waals surface area contributed by atoms with Gasteiger partial charge < -0.3 is 5.32 Å². The molecule has 1 amide bonds. The molecule has 0 saturated carbocycles. The summed E-state index contributed by atoms with van der Waals surface area (Å²) in [5, 5.41) is 7.95. The van der Waals surface area contributed by atoms with Gasteiger partial charge in [0, 0.05) is 31.1 Å². The van der Waals surface area contributed by atoms with Gasteiger partial charge in [-0.05, 0) is 35.4 Å². The molecule has 4 aromatic rings. The van der Waals surface area contributed by atoms with Gasteiger partial charge >= 0.3 is 0 Å². The standard InChI is InChI=1S/C20H16FN5OS/c21-16-3-1-14(2-4-16)11-19-23-12-17(28-19)20(27)24-18-7-10-26(25-18)13-15-5-8-22-9-6-15/h1-10,12H,11,13H2,(H,24,25,27). The fourth-order valence-electron chi connectivity index (χ4n) is 2.64. The van der Waals surface area contributed by atoms with Crippen LogP contribution in [0.2, 0.25) is 0 Å². The van der Waals surface area contributed by atoms with Crippen molar-refractivity contribution in [3.63, 3.8) is 0 Å². The minimum atomic E-state index is -0.272. The molecule has 0 saturated heterocycles. The van der Waals surface area contributed by atoms with Crippen LogP contribution >= 0.6 is 11.3 Å². The maximum absolute atomic E-state index is 13.0. The number of carbonyl (C=O) groups excluding carboxylic acids is 1. The number of hydrogen-bond acceptors (Lipinski definition) is 5. The van der Waals surface area contributed by atoms with Gasteiger partial charge in [-0.15, -0.1) is 11.3 Å². The summed E-state index contributed by atoms with van der Waals surface area (Å²) in [6.45, 7) is 0.598. The van der Waals surface area contributed by atoms with E-state index in [1.165, 1.54) is 23.5 Å². The highest BCUT2D eigenvalue weighted by Crippen LogP contribution is 2.18. The smallest absolute Gasteiger partial charge is 0.268 e. The van der Waals surface area contributed by atoms with E-state index in [0.29, 0.717) is 23.7 Å². The normalized spacial score (nSPS) is 10.8. The topological polar surface area (TPSA) is 72.7 Å². The number of carbonyl (C=O) groups is 1. The van der Waals surface area contributed by atoms with E-state index in [0.717, 1.165) is 16.1 Å². The number of rotatable bonds is 6. The average molecular weight is 393 g/mol. The summed E-state index contributed by atoms with van der Waals surface area (Å²) < 4.78 is 14.7. The molecule has 4 rings (SSSR count). The highest BCUT2D eigenvalue weighted by Gasteiger charge is 2.13. The van der Waals surface area contributed by atoms with Gasteiger partial charge in [0.15, 0.2) is 5.82 Å². The molecule has 0 atom stereocenters. The molecule has 0 aliphatic heterocycles. The van der Waals surface area contributed by atoms with Crippen LogP contribution in [0.5, 0.6) is 0 Å². The number of nitrogens with zero attached hydrogens (tertiary/aromatic N) is 4. The SMILES string of the molecule is O=C(Nc1ccn(Cc2ccncc2)n1)c1cnc(Cc2ccc(F)cc2)s1. The van der Waals surface area contributed by atoms with Crippen molar-refractivity contribution in [1.82, 2.24) is 19.7 Å². The summed E-state index contributed by atoms with van der Waals surface area (Å²) in [5.41, 5.74) is 2.02. The molecular formula is C20H16FN5OS. The number of pyridine rings is 1. The van der Waals surface area contributed by atoms with E-state index in [2.05, 4.69) is 20.4 Å². The van der Waals surface area contributed by atoms with Crippen LogP contribution in [0.1, 0.15) is 25.8 Å². The molecule has 0 radical (unpaired) electrons. The molecule has 0 bridgehead atoms. The van der Waals surface area contributed by atoms with Crippen LogP contribution in [-0.2, 0) is 13.0 Å². The lowest BCUT2D eigenvalue weighted by atomic mass is 10.2. The Hall–Kier alpha value is -3.39. The first-order chi connectivity index (χ1) is 13.7. The Bertz CT molecular complexity index is 1080. The van der Waals surface area contributed by atoms with Gasteiger partial charge in [-0.3, -0.25) is 14.5 Å². The Kier molecular flexibility index (Phi) is 5.20. The third-order valence-electron chi connectivity index (χ3n) is 4.02. The molecule has 3 heterocycles. The van der Waals surface area contributed by atoms with Crippen molar-refractivity contribution in [2.24, 2.45) is 0 Å². The minimum Gasteiger partial charge on any atom is -0.304 e. The lowest BCUT2D eigenvalue weighted by molar-refractivity contribution is 0.103. The summed E-state index contributed by atoms with van der Waals surface area (Å²) in [4.78, 5) is 21.2. The van der Waals surface area contributed by atoms with E-state index in [9.17, 15) is 9.18 Å². The summed E-state index contributed by atoms with van der Waals surface area (Å²) in [5.74, 6) is -0.0455. The average Bonchev–Trinajstić information content (AvgIpc) is 3.34. The van der Waals surface area contributed by atoms with Gasteiger partial charge in [-0.1, -0.05) is 12.1 Å². The van der Waals surface area contributed by atoms with E-state index >= 15 is 0 Å². The maximum atomic E-state index is 13.0. The zero-order valence-electron chi connectivity index (χ0n) is 14.7. The molecule has 8 heteroatoms. The molecule has 1 N–H and O–H groups in total. The summed E-state index contributed by atoms with van der Waals surface area (Å²) in [6.07, 6.45) is 7.37. The fourth-order valence-corrected chi connectivity index (χ4v) is 3.49. The quantitative estimate of drug-likeness (QED) is 0.541. The fraction of sp³-hybridized carbons (Fsp3) is 0.100. The zero-order chi connectivity index (χ0) is 19.3. The molecular weight excluding hydrogens is 377 g/mol. The molecule has 140 valence electrons. The maximum Gasteiger partial charge on any atom is 0.268 e. The summed E-state index contributed by atoms with van der Waals surface area (Å²) in [6, 6.07) is 11.8. The Morgan fingerprint density at radius 2 is 1.86 bits per heavy atom. The van der Waals surface area contributed by atoms with Crippen molar-refractivity contribution in [2.75, 3.05) is 5.32 Å². The van der Waals surface area contributed by atoms with E-state index < -0.39 is 0 Å². The highest BCUT2D eigenvalue weighted by molar-refractivity contribution is 7.13.